The number of benzene rings is 1. The Morgan fingerprint density at radius 3 is 2.47 bits per heavy atom. The van der Waals surface area contributed by atoms with Crippen molar-refractivity contribution in [2.45, 2.75) is 33.6 Å². The van der Waals surface area contributed by atoms with E-state index < -0.39 is 5.97 Å². The zero-order chi connectivity index (χ0) is 14.0. The Morgan fingerprint density at radius 2 is 1.95 bits per heavy atom. The number of carbonyl (C=O) groups excluding carboxylic acids is 1. The van der Waals surface area contributed by atoms with E-state index in [1.165, 1.54) is 0 Å². The second-order valence-electron chi connectivity index (χ2n) is 4.46. The van der Waals surface area contributed by atoms with Gasteiger partial charge in [0.25, 0.3) is 0 Å². The number of para-hydroxylation sites is 1. The minimum atomic E-state index is -1.14. The highest BCUT2D eigenvalue weighted by atomic mass is 16.4. The highest BCUT2D eigenvalue weighted by Crippen LogP contribution is 2.21. The topological polar surface area (TPSA) is 58.0 Å². The van der Waals surface area contributed by atoms with Gasteiger partial charge in [0.2, 0.25) is 0 Å². The number of carboxylic acid groups (broad SMARTS) is 1. The Bertz CT molecular complexity index is 615. The molecule has 1 aromatic carbocycles. The minimum absolute atomic E-state index is 0.244. The van der Waals surface area contributed by atoms with Gasteiger partial charge in [0.05, 0.1) is 23.0 Å². The molecule has 2 rings (SSSR count). The van der Waals surface area contributed by atoms with Crippen molar-refractivity contribution >= 4 is 5.97 Å². The van der Waals surface area contributed by atoms with E-state index in [4.69, 9.17) is 0 Å². The predicted octanol–water partition coefficient (Wildman–Crippen LogP) is 1.67. The molecule has 100 valence electrons. The molecule has 0 aliphatic rings. The molecule has 0 saturated carbocycles. The first kappa shape index (κ1) is 13.3. The number of carbonyl (C=O) groups is 1. The molecule has 0 aliphatic carbocycles. The van der Waals surface area contributed by atoms with Crippen LogP contribution >= 0.6 is 0 Å². The molecule has 0 amide bonds. The Morgan fingerprint density at radius 1 is 1.26 bits per heavy atom. The lowest BCUT2D eigenvalue weighted by Crippen LogP contribution is -2.24. The Hall–Kier alpha value is -2.10. The molecule has 0 N–H and O–H groups in total. The van der Waals surface area contributed by atoms with E-state index >= 15 is 0 Å². The van der Waals surface area contributed by atoms with Crippen LogP contribution in [0.15, 0.2) is 24.3 Å². The van der Waals surface area contributed by atoms with Crippen molar-refractivity contribution in [1.29, 1.82) is 0 Å². The number of nitrogens with zero attached hydrogens (tertiary/aromatic N) is 2. The molecule has 1 aromatic heterocycles. The first-order valence-corrected chi connectivity index (χ1v) is 6.48. The zero-order valence-electron chi connectivity index (χ0n) is 11.4. The van der Waals surface area contributed by atoms with E-state index in [9.17, 15) is 9.90 Å². The normalized spacial score (nSPS) is 10.7. The van der Waals surface area contributed by atoms with Crippen molar-refractivity contribution < 1.29 is 9.90 Å². The molecule has 0 bridgehead atoms. The van der Waals surface area contributed by atoms with Gasteiger partial charge in [0.15, 0.2) is 0 Å². The first-order chi connectivity index (χ1) is 9.10. The summed E-state index contributed by atoms with van der Waals surface area (Å²) in [5, 5.41) is 15.8. The average Bonchev–Trinajstić information content (AvgIpc) is 2.77. The number of aromatic nitrogens is 2. The number of aryl methyl sites for hydroxylation is 2. The fraction of sp³-hybridized carbons (Fsp3) is 0.333. The summed E-state index contributed by atoms with van der Waals surface area (Å²) >= 11 is 0. The van der Waals surface area contributed by atoms with Crippen LogP contribution in [0.3, 0.4) is 0 Å². The Balaban J connectivity index is 2.71. The van der Waals surface area contributed by atoms with E-state index in [0.717, 1.165) is 11.3 Å². The molecule has 4 heteroatoms. The summed E-state index contributed by atoms with van der Waals surface area (Å²) in [5.74, 6) is -1.14. The highest BCUT2D eigenvalue weighted by molar-refractivity contribution is 5.89. The summed E-state index contributed by atoms with van der Waals surface area (Å²) in [7, 11) is 0. The van der Waals surface area contributed by atoms with Crippen LogP contribution in [0, 0.1) is 6.92 Å². The van der Waals surface area contributed by atoms with E-state index in [-0.39, 0.29) is 5.56 Å². The van der Waals surface area contributed by atoms with Gasteiger partial charge in [-0.15, -0.1) is 0 Å². The fourth-order valence-corrected chi connectivity index (χ4v) is 2.31. The smallest absolute Gasteiger partial charge is 0.0752 e. The molecule has 4 nitrogen and oxygen atoms in total. The monoisotopic (exact) mass is 257 g/mol. The quantitative estimate of drug-likeness (QED) is 0.837. The molecular formula is C15H17N2O2-. The standard InChI is InChI=1S/C15H18N2O2/c1-4-11-14(15(18)19)12(5-2)17(16-11)13-9-7-6-8-10(13)3/h6-9H,4-5H2,1-3H3,(H,18,19)/p-1. The minimum Gasteiger partial charge on any atom is -0.545 e. The maximum atomic E-state index is 11.3. The van der Waals surface area contributed by atoms with Crippen molar-refractivity contribution in [1.82, 2.24) is 9.78 Å². The first-order valence-electron chi connectivity index (χ1n) is 6.48. The number of carboxylic acids is 1. The van der Waals surface area contributed by atoms with E-state index in [1.807, 2.05) is 45.0 Å². The largest absolute Gasteiger partial charge is 0.545 e. The summed E-state index contributed by atoms with van der Waals surface area (Å²) in [5.41, 5.74) is 3.51. The van der Waals surface area contributed by atoms with Gasteiger partial charge >= 0.3 is 0 Å². The molecule has 0 aliphatic heterocycles. The van der Waals surface area contributed by atoms with Gasteiger partial charge in [-0.2, -0.15) is 5.10 Å². The molecule has 19 heavy (non-hydrogen) atoms. The third kappa shape index (κ3) is 2.26. The van der Waals surface area contributed by atoms with Crippen LogP contribution in [0.25, 0.3) is 5.69 Å². The molecular weight excluding hydrogens is 240 g/mol. The van der Waals surface area contributed by atoms with Gasteiger partial charge in [0, 0.05) is 5.56 Å². The molecule has 0 fully saturated rings. The Kier molecular flexibility index (Phi) is 3.69. The molecule has 0 unspecified atom stereocenters. The van der Waals surface area contributed by atoms with Crippen molar-refractivity contribution in [2.75, 3.05) is 0 Å². The van der Waals surface area contributed by atoms with Gasteiger partial charge in [-0.3, -0.25) is 0 Å². The summed E-state index contributed by atoms with van der Waals surface area (Å²) < 4.78 is 1.74. The van der Waals surface area contributed by atoms with Crippen LogP contribution in [-0.2, 0) is 12.8 Å². The summed E-state index contributed by atoms with van der Waals surface area (Å²) in [6, 6.07) is 7.81. The van der Waals surface area contributed by atoms with Crippen LogP contribution in [0.1, 0.15) is 41.2 Å². The molecule has 0 spiro atoms. The maximum absolute atomic E-state index is 11.3. The summed E-state index contributed by atoms with van der Waals surface area (Å²) in [4.78, 5) is 11.3. The van der Waals surface area contributed by atoms with Crippen molar-refractivity contribution in [3.63, 3.8) is 0 Å². The van der Waals surface area contributed by atoms with Crippen LogP contribution in [0.4, 0.5) is 0 Å². The van der Waals surface area contributed by atoms with Crippen molar-refractivity contribution in [3.8, 4) is 5.69 Å². The van der Waals surface area contributed by atoms with Crippen LogP contribution in [-0.4, -0.2) is 15.7 Å². The predicted molar refractivity (Wildman–Crippen MR) is 71.4 cm³/mol. The Labute approximate surface area is 112 Å². The SMILES string of the molecule is CCc1nn(-c2ccccc2C)c(CC)c1C(=O)[O-]. The average molecular weight is 257 g/mol. The van der Waals surface area contributed by atoms with E-state index in [2.05, 4.69) is 5.10 Å². The molecule has 0 radical (unpaired) electrons. The molecule has 0 atom stereocenters. The lowest BCUT2D eigenvalue weighted by Gasteiger charge is -2.10. The van der Waals surface area contributed by atoms with Crippen LogP contribution in [0.2, 0.25) is 0 Å². The van der Waals surface area contributed by atoms with Crippen molar-refractivity contribution in [3.05, 3.63) is 46.8 Å². The van der Waals surface area contributed by atoms with Crippen molar-refractivity contribution in [2.24, 2.45) is 0 Å². The fourth-order valence-electron chi connectivity index (χ4n) is 2.31. The third-order valence-electron chi connectivity index (χ3n) is 3.27. The second-order valence-corrected chi connectivity index (χ2v) is 4.46. The van der Waals surface area contributed by atoms with Crippen LogP contribution < -0.4 is 5.11 Å². The molecule has 1 heterocycles. The number of hydrogen-bond acceptors (Lipinski definition) is 3. The maximum Gasteiger partial charge on any atom is 0.0752 e. The number of hydrogen-bond donors (Lipinski definition) is 0. The zero-order valence-corrected chi connectivity index (χ0v) is 11.4. The highest BCUT2D eigenvalue weighted by Gasteiger charge is 2.17. The molecule has 0 saturated heterocycles. The summed E-state index contributed by atoms with van der Waals surface area (Å²) in [6.07, 6.45) is 1.18. The summed E-state index contributed by atoms with van der Waals surface area (Å²) in [6.45, 7) is 5.81. The molecule has 2 aromatic rings. The lowest BCUT2D eigenvalue weighted by atomic mass is 10.1. The van der Waals surface area contributed by atoms with Crippen LogP contribution in [0.5, 0.6) is 0 Å². The van der Waals surface area contributed by atoms with Gasteiger partial charge < -0.3 is 9.90 Å². The van der Waals surface area contributed by atoms with E-state index in [1.54, 1.807) is 4.68 Å². The van der Waals surface area contributed by atoms with Gasteiger partial charge in [-0.1, -0.05) is 32.0 Å². The number of aromatic carboxylic acids is 1. The van der Waals surface area contributed by atoms with Gasteiger partial charge in [-0.05, 0) is 31.4 Å². The van der Waals surface area contributed by atoms with Gasteiger partial charge in [0.1, 0.15) is 0 Å². The lowest BCUT2D eigenvalue weighted by molar-refractivity contribution is -0.255. The number of rotatable bonds is 4. The second kappa shape index (κ2) is 5.26. The third-order valence-corrected chi connectivity index (χ3v) is 3.27. The van der Waals surface area contributed by atoms with E-state index in [0.29, 0.717) is 24.2 Å². The van der Waals surface area contributed by atoms with Gasteiger partial charge in [-0.25, -0.2) is 4.68 Å².